The first kappa shape index (κ1) is 23.8. The van der Waals surface area contributed by atoms with Crippen molar-refractivity contribution >= 4 is 11.6 Å². The molecule has 0 N–H and O–H groups in total. The summed E-state index contributed by atoms with van der Waals surface area (Å²) in [5, 5.41) is 0.405. The van der Waals surface area contributed by atoms with Gasteiger partial charge in [0.1, 0.15) is 28.9 Å². The van der Waals surface area contributed by atoms with Gasteiger partial charge in [0.05, 0.1) is 12.7 Å². The highest BCUT2D eigenvalue weighted by molar-refractivity contribution is 5.87. The fraction of sp³-hybridized carbons (Fsp3) is 0.259. The lowest BCUT2D eigenvalue weighted by molar-refractivity contribution is -0.137. The second-order valence-corrected chi connectivity index (χ2v) is 8.06. The summed E-state index contributed by atoms with van der Waals surface area (Å²) < 4.78 is 83.2. The van der Waals surface area contributed by atoms with Gasteiger partial charge in [0, 0.05) is 21.6 Å². The Kier molecular flexibility index (Phi) is 6.39. The number of fused-ring (bicyclic) bond motifs is 2. The topological polar surface area (TPSA) is 18.5 Å². The second-order valence-electron chi connectivity index (χ2n) is 8.06. The fourth-order valence-corrected chi connectivity index (χ4v) is 4.22. The van der Waals surface area contributed by atoms with Crippen LogP contribution in [0.3, 0.4) is 0 Å². The lowest BCUT2D eigenvalue weighted by atomic mass is 9.88. The van der Waals surface area contributed by atoms with Gasteiger partial charge in [-0.05, 0) is 60.4 Å². The molecule has 178 valence electrons. The van der Waals surface area contributed by atoms with E-state index in [0.717, 1.165) is 12.1 Å². The van der Waals surface area contributed by atoms with Gasteiger partial charge in [0.15, 0.2) is 0 Å². The third-order valence-corrected chi connectivity index (χ3v) is 5.75. The lowest BCUT2D eigenvalue weighted by Gasteiger charge is -2.24. The van der Waals surface area contributed by atoms with Gasteiger partial charge in [-0.3, -0.25) is 0 Å². The van der Waals surface area contributed by atoms with Crippen LogP contribution in [0.15, 0.2) is 42.5 Å². The third-order valence-electron chi connectivity index (χ3n) is 5.75. The summed E-state index contributed by atoms with van der Waals surface area (Å²) in [4.78, 5) is 0. The van der Waals surface area contributed by atoms with Crippen LogP contribution in [0.1, 0.15) is 48.9 Å². The van der Waals surface area contributed by atoms with Crippen molar-refractivity contribution in [2.75, 3.05) is 7.11 Å². The number of hydrogen-bond acceptors (Lipinski definition) is 2. The number of hydrogen-bond donors (Lipinski definition) is 0. The number of halogens is 5. The largest absolute Gasteiger partial charge is 0.497 e. The Morgan fingerprint density at radius 3 is 2.32 bits per heavy atom. The Balaban J connectivity index is 2.15. The summed E-state index contributed by atoms with van der Waals surface area (Å²) in [7, 11) is 1.27. The van der Waals surface area contributed by atoms with Crippen LogP contribution >= 0.6 is 0 Å². The first-order chi connectivity index (χ1) is 16.2. The maximum Gasteiger partial charge on any atom is 0.417 e. The predicted molar refractivity (Wildman–Crippen MR) is 120 cm³/mol. The molecule has 0 aromatic heterocycles. The number of methoxy groups -OCH3 is 1. The highest BCUT2D eigenvalue weighted by Crippen LogP contribution is 2.43. The van der Waals surface area contributed by atoms with Crippen LogP contribution in [0.2, 0.25) is 0 Å². The van der Waals surface area contributed by atoms with Crippen molar-refractivity contribution in [2.24, 2.45) is 0 Å². The van der Waals surface area contributed by atoms with Gasteiger partial charge in [-0.1, -0.05) is 32.4 Å². The monoisotopic (exact) mass is 474 g/mol. The first-order valence-electron chi connectivity index (χ1n) is 11.0. The van der Waals surface area contributed by atoms with E-state index in [-0.39, 0.29) is 44.4 Å². The molecule has 4 rings (SSSR count). The molecule has 1 heterocycles. The number of alkyl halides is 3. The van der Waals surface area contributed by atoms with Gasteiger partial charge in [-0.25, -0.2) is 8.78 Å². The van der Waals surface area contributed by atoms with Crippen molar-refractivity contribution in [1.29, 1.82) is 0 Å². The van der Waals surface area contributed by atoms with Crippen LogP contribution in [0.5, 0.6) is 17.2 Å². The van der Waals surface area contributed by atoms with Crippen LogP contribution < -0.4 is 19.9 Å². The standard InChI is InChI=1S/C27H23F5O2/c1-4-6-15-10-24-19(13-22(15)28)26(18-9-8-17(33-3)12-21(18)27(30,31)32)20-14-23(29)16(7-5-2)11-25(20)34-24/h6,8-14H,4-5,7H2,1-3H3/b15-6-. The molecule has 34 heavy (non-hydrogen) atoms. The Bertz CT molecular complexity index is 1370. The molecular weight excluding hydrogens is 451 g/mol. The predicted octanol–water partition coefficient (Wildman–Crippen LogP) is 6.49. The minimum atomic E-state index is -4.73. The van der Waals surface area contributed by atoms with Gasteiger partial charge >= 0.3 is 6.18 Å². The summed E-state index contributed by atoms with van der Waals surface area (Å²) >= 11 is 0. The van der Waals surface area contributed by atoms with E-state index in [1.54, 1.807) is 6.08 Å². The fourth-order valence-electron chi connectivity index (χ4n) is 4.22. The van der Waals surface area contributed by atoms with E-state index >= 15 is 0 Å². The Morgan fingerprint density at radius 2 is 1.68 bits per heavy atom. The molecule has 3 aromatic rings. The highest BCUT2D eigenvalue weighted by atomic mass is 19.4. The molecule has 0 amide bonds. The zero-order chi connectivity index (χ0) is 24.6. The normalized spacial score (nSPS) is 13.4. The molecule has 3 aromatic carbocycles. The summed E-state index contributed by atoms with van der Waals surface area (Å²) in [6.45, 7) is 3.74. The summed E-state index contributed by atoms with van der Waals surface area (Å²) in [6.07, 6.45) is -1.38. The van der Waals surface area contributed by atoms with Crippen molar-refractivity contribution in [3.8, 4) is 17.2 Å². The zero-order valence-corrected chi connectivity index (χ0v) is 18.9. The average molecular weight is 474 g/mol. The smallest absolute Gasteiger partial charge is 0.417 e. The van der Waals surface area contributed by atoms with E-state index in [4.69, 9.17) is 9.47 Å². The molecule has 0 unspecified atom stereocenters. The lowest BCUT2D eigenvalue weighted by Crippen LogP contribution is -2.24. The van der Waals surface area contributed by atoms with Crippen molar-refractivity contribution in [3.63, 3.8) is 0 Å². The van der Waals surface area contributed by atoms with Crippen LogP contribution in [0, 0.1) is 11.6 Å². The van der Waals surface area contributed by atoms with Crippen molar-refractivity contribution in [1.82, 2.24) is 0 Å². The maximum atomic E-state index is 14.9. The number of ether oxygens (including phenoxy) is 2. The van der Waals surface area contributed by atoms with E-state index in [2.05, 4.69) is 0 Å². The third kappa shape index (κ3) is 4.27. The molecule has 2 nitrogen and oxygen atoms in total. The highest BCUT2D eigenvalue weighted by Gasteiger charge is 2.36. The van der Waals surface area contributed by atoms with E-state index in [9.17, 15) is 22.0 Å². The van der Waals surface area contributed by atoms with Crippen molar-refractivity contribution < 1.29 is 31.4 Å². The van der Waals surface area contributed by atoms with E-state index < -0.39 is 23.4 Å². The molecule has 0 fully saturated rings. The van der Waals surface area contributed by atoms with E-state index in [1.165, 1.54) is 37.4 Å². The van der Waals surface area contributed by atoms with E-state index in [1.807, 2.05) is 13.8 Å². The molecule has 0 saturated heterocycles. The minimum Gasteiger partial charge on any atom is -0.497 e. The Labute approximate surface area is 193 Å². The van der Waals surface area contributed by atoms with Crippen LogP contribution in [-0.4, -0.2) is 7.11 Å². The first-order valence-corrected chi connectivity index (χ1v) is 11.0. The van der Waals surface area contributed by atoms with Crippen LogP contribution in [-0.2, 0) is 12.6 Å². The van der Waals surface area contributed by atoms with Crippen LogP contribution in [0.4, 0.5) is 22.0 Å². The molecule has 1 aliphatic heterocycles. The molecule has 0 radical (unpaired) electrons. The number of benzene rings is 3. The molecule has 0 aliphatic carbocycles. The second kappa shape index (κ2) is 9.12. The number of aryl methyl sites for hydroxylation is 1. The average Bonchev–Trinajstić information content (AvgIpc) is 2.79. The van der Waals surface area contributed by atoms with Gasteiger partial charge in [0.2, 0.25) is 0 Å². The molecule has 0 bridgehead atoms. The number of rotatable bonds is 5. The minimum absolute atomic E-state index is 0.0210. The van der Waals surface area contributed by atoms with Crippen LogP contribution in [0.25, 0.3) is 11.6 Å². The van der Waals surface area contributed by atoms with Crippen molar-refractivity contribution in [3.05, 3.63) is 86.8 Å². The quantitative estimate of drug-likeness (QED) is 0.308. The SMILES string of the molecule is CC/C=c1/cc2c(cc1F)=C(c1ccc(OC)cc1C(F)(F)F)c1cc(F)c(CCC)cc1O2. The van der Waals surface area contributed by atoms with Gasteiger partial charge in [-0.15, -0.1) is 0 Å². The molecule has 0 atom stereocenters. The van der Waals surface area contributed by atoms with Crippen molar-refractivity contribution in [2.45, 2.75) is 39.3 Å². The zero-order valence-electron chi connectivity index (χ0n) is 18.9. The van der Waals surface area contributed by atoms with Gasteiger partial charge in [-0.2, -0.15) is 13.2 Å². The molecule has 7 heteroatoms. The summed E-state index contributed by atoms with van der Waals surface area (Å²) in [5.41, 5.74) is -0.601. The summed E-state index contributed by atoms with van der Waals surface area (Å²) in [6, 6.07) is 8.84. The maximum absolute atomic E-state index is 14.9. The molecular formula is C27H23F5O2. The van der Waals surface area contributed by atoms with E-state index in [0.29, 0.717) is 24.8 Å². The Morgan fingerprint density at radius 1 is 0.912 bits per heavy atom. The molecule has 0 saturated carbocycles. The molecule has 1 aliphatic rings. The van der Waals surface area contributed by atoms with Gasteiger partial charge in [0.25, 0.3) is 0 Å². The van der Waals surface area contributed by atoms with Gasteiger partial charge < -0.3 is 9.47 Å². The summed E-state index contributed by atoms with van der Waals surface area (Å²) in [5.74, 6) is -0.696. The Hall–Kier alpha value is -3.35. The molecule has 0 spiro atoms.